The van der Waals surface area contributed by atoms with Crippen molar-refractivity contribution in [1.82, 2.24) is 4.98 Å². The predicted octanol–water partition coefficient (Wildman–Crippen LogP) is 4.58. The van der Waals surface area contributed by atoms with Crippen LogP contribution in [0.25, 0.3) is 0 Å². The largest absolute Gasteiger partial charge is 0.436 e. The molecule has 1 aromatic carbocycles. The van der Waals surface area contributed by atoms with E-state index in [1.54, 1.807) is 0 Å². The van der Waals surface area contributed by atoms with Gasteiger partial charge in [-0.3, -0.25) is 0 Å². The summed E-state index contributed by atoms with van der Waals surface area (Å²) in [7, 11) is 0. The number of amidine groups is 1. The second-order valence-corrected chi connectivity index (χ2v) is 5.36. The maximum absolute atomic E-state index is 8.69. The van der Waals surface area contributed by atoms with Crippen LogP contribution >= 0.6 is 46.4 Å². The first kappa shape index (κ1) is 16.0. The fourth-order valence-electron chi connectivity index (χ4n) is 1.43. The Balaban J connectivity index is 2.43. The lowest BCUT2D eigenvalue weighted by Gasteiger charge is -2.11. The van der Waals surface area contributed by atoms with Gasteiger partial charge in [0.1, 0.15) is 10.8 Å². The van der Waals surface area contributed by atoms with Crippen LogP contribution in [0, 0.1) is 0 Å². The smallest absolute Gasteiger partial charge is 0.238 e. The van der Waals surface area contributed by atoms with E-state index in [2.05, 4.69) is 10.1 Å². The van der Waals surface area contributed by atoms with E-state index in [4.69, 9.17) is 62.1 Å². The van der Waals surface area contributed by atoms with Crippen LogP contribution in [0.4, 0.5) is 0 Å². The van der Waals surface area contributed by atoms with E-state index >= 15 is 0 Å². The Hall–Kier alpha value is -1.40. The van der Waals surface area contributed by atoms with Gasteiger partial charge >= 0.3 is 0 Å². The first-order valence-electron chi connectivity index (χ1n) is 5.38. The zero-order valence-corrected chi connectivity index (χ0v) is 13.2. The highest BCUT2D eigenvalue weighted by Crippen LogP contribution is 2.38. The molecule has 3 N–H and O–H groups in total. The average molecular weight is 367 g/mol. The van der Waals surface area contributed by atoms with Gasteiger partial charge in [0.05, 0.1) is 15.1 Å². The molecule has 110 valence electrons. The highest BCUT2D eigenvalue weighted by Gasteiger charge is 2.15. The molecule has 0 unspecified atom stereocenters. The molecule has 0 aliphatic heterocycles. The molecule has 0 radical (unpaired) electrons. The maximum Gasteiger partial charge on any atom is 0.238 e. The normalized spacial score (nSPS) is 11.5. The molecule has 21 heavy (non-hydrogen) atoms. The number of hydrogen-bond acceptors (Lipinski definition) is 4. The summed E-state index contributed by atoms with van der Waals surface area (Å²) in [5.41, 5.74) is 5.76. The van der Waals surface area contributed by atoms with E-state index in [9.17, 15) is 0 Å². The number of hydrogen-bond donors (Lipinski definition) is 2. The number of oxime groups is 1. The summed E-state index contributed by atoms with van der Waals surface area (Å²) in [5, 5.41) is 12.4. The van der Waals surface area contributed by atoms with Gasteiger partial charge in [-0.2, -0.15) is 0 Å². The lowest BCUT2D eigenvalue weighted by Crippen LogP contribution is -2.14. The summed E-state index contributed by atoms with van der Waals surface area (Å²) < 4.78 is 5.50. The van der Waals surface area contributed by atoms with Crippen LogP contribution in [0.3, 0.4) is 0 Å². The van der Waals surface area contributed by atoms with Crippen LogP contribution in [0.15, 0.2) is 29.6 Å². The van der Waals surface area contributed by atoms with Gasteiger partial charge in [-0.25, -0.2) is 4.98 Å². The molecular formula is C12H7Cl4N3O2. The first-order valence-corrected chi connectivity index (χ1v) is 6.90. The number of nitrogens with two attached hydrogens (primary N) is 1. The number of nitrogens with zero attached hydrogens (tertiary/aromatic N) is 2. The fourth-order valence-corrected chi connectivity index (χ4v) is 2.26. The molecule has 9 heteroatoms. The van der Waals surface area contributed by atoms with Gasteiger partial charge in [-0.1, -0.05) is 51.6 Å². The molecule has 0 bridgehead atoms. The van der Waals surface area contributed by atoms with Crippen LogP contribution in [0.1, 0.15) is 5.56 Å². The van der Waals surface area contributed by atoms with Crippen molar-refractivity contribution in [1.29, 1.82) is 0 Å². The van der Waals surface area contributed by atoms with Gasteiger partial charge < -0.3 is 15.7 Å². The van der Waals surface area contributed by atoms with E-state index < -0.39 is 0 Å². The third-order valence-electron chi connectivity index (χ3n) is 2.42. The number of pyridine rings is 1. The molecule has 1 heterocycles. The standard InChI is InChI=1S/C12H7Cl4N3O2/c13-6-3-8(15)9(4-7(6)14)21-12-10(16)5(1-2-18-12)11(17)19-20/h1-4,20H,(H2,17,19). The molecule has 2 rings (SSSR count). The molecule has 0 saturated carbocycles. The summed E-state index contributed by atoms with van der Waals surface area (Å²) in [6, 6.07) is 4.34. The molecule has 0 aliphatic rings. The second-order valence-electron chi connectivity index (χ2n) is 3.76. The Labute approximate surface area is 139 Å². The SMILES string of the molecule is N/C(=N/O)c1ccnc(Oc2cc(Cl)c(Cl)cc2Cl)c1Cl. The number of rotatable bonds is 3. The molecule has 5 nitrogen and oxygen atoms in total. The Morgan fingerprint density at radius 1 is 1.14 bits per heavy atom. The van der Waals surface area contributed by atoms with Crippen LogP contribution < -0.4 is 10.5 Å². The Bertz CT molecular complexity index is 722. The topological polar surface area (TPSA) is 80.7 Å². The zero-order valence-electron chi connectivity index (χ0n) is 10.1. The Morgan fingerprint density at radius 2 is 1.81 bits per heavy atom. The van der Waals surface area contributed by atoms with Crippen LogP contribution in [0.5, 0.6) is 11.6 Å². The summed E-state index contributed by atoms with van der Waals surface area (Å²) in [5.74, 6) is 0.0747. The Kier molecular flexibility index (Phi) is 5.00. The minimum Gasteiger partial charge on any atom is -0.436 e. The third kappa shape index (κ3) is 3.44. The zero-order chi connectivity index (χ0) is 15.6. The molecule has 1 aromatic heterocycles. The summed E-state index contributed by atoms with van der Waals surface area (Å²) in [4.78, 5) is 3.96. The van der Waals surface area contributed by atoms with E-state index in [1.807, 2.05) is 0 Å². The van der Waals surface area contributed by atoms with Crippen molar-refractivity contribution < 1.29 is 9.94 Å². The first-order chi connectivity index (χ1) is 9.93. The van der Waals surface area contributed by atoms with Gasteiger partial charge in [-0.05, 0) is 12.1 Å². The lowest BCUT2D eigenvalue weighted by molar-refractivity contribution is 0.318. The molecule has 0 atom stereocenters. The maximum atomic E-state index is 8.69. The third-order valence-corrected chi connectivity index (χ3v) is 3.81. The number of benzene rings is 1. The molecular weight excluding hydrogens is 360 g/mol. The number of aromatic nitrogens is 1. The van der Waals surface area contributed by atoms with E-state index in [1.165, 1.54) is 24.4 Å². The van der Waals surface area contributed by atoms with Crippen molar-refractivity contribution in [2.75, 3.05) is 0 Å². The number of ether oxygens (including phenoxy) is 1. The fraction of sp³-hybridized carbons (Fsp3) is 0. The van der Waals surface area contributed by atoms with Crippen LogP contribution in [0.2, 0.25) is 20.1 Å². The van der Waals surface area contributed by atoms with E-state index in [-0.39, 0.29) is 38.1 Å². The van der Waals surface area contributed by atoms with E-state index in [0.717, 1.165) is 0 Å². The molecule has 0 aliphatic carbocycles. The van der Waals surface area contributed by atoms with Crippen LogP contribution in [-0.4, -0.2) is 16.0 Å². The molecule has 0 spiro atoms. The van der Waals surface area contributed by atoms with Gasteiger partial charge in [0, 0.05) is 17.8 Å². The van der Waals surface area contributed by atoms with Gasteiger partial charge in [0.25, 0.3) is 0 Å². The molecule has 2 aromatic rings. The number of halogens is 4. The van der Waals surface area contributed by atoms with Crippen LogP contribution in [-0.2, 0) is 0 Å². The quantitative estimate of drug-likeness (QED) is 0.274. The van der Waals surface area contributed by atoms with Gasteiger partial charge in [0.2, 0.25) is 5.88 Å². The average Bonchev–Trinajstić information content (AvgIpc) is 2.46. The van der Waals surface area contributed by atoms with Crippen molar-refractivity contribution in [3.8, 4) is 11.6 Å². The predicted molar refractivity (Wildman–Crippen MR) is 83.3 cm³/mol. The van der Waals surface area contributed by atoms with Crippen molar-refractivity contribution in [2.24, 2.45) is 10.9 Å². The molecule has 0 fully saturated rings. The van der Waals surface area contributed by atoms with Crippen molar-refractivity contribution in [3.63, 3.8) is 0 Å². The highest BCUT2D eigenvalue weighted by atomic mass is 35.5. The van der Waals surface area contributed by atoms with E-state index in [0.29, 0.717) is 5.02 Å². The van der Waals surface area contributed by atoms with Gasteiger partial charge in [0.15, 0.2) is 5.84 Å². The van der Waals surface area contributed by atoms with Crippen molar-refractivity contribution in [2.45, 2.75) is 0 Å². The molecule has 0 amide bonds. The molecule has 0 saturated heterocycles. The minimum absolute atomic E-state index is 0.0288. The van der Waals surface area contributed by atoms with Crippen molar-refractivity contribution >= 4 is 52.2 Å². The summed E-state index contributed by atoms with van der Waals surface area (Å²) >= 11 is 23.8. The lowest BCUT2D eigenvalue weighted by atomic mass is 10.2. The minimum atomic E-state index is -0.174. The second kappa shape index (κ2) is 6.58. The monoisotopic (exact) mass is 365 g/mol. The van der Waals surface area contributed by atoms with Crippen molar-refractivity contribution in [3.05, 3.63) is 50.0 Å². The van der Waals surface area contributed by atoms with Gasteiger partial charge in [-0.15, -0.1) is 0 Å². The summed E-state index contributed by atoms with van der Waals surface area (Å²) in [6.07, 6.45) is 1.39. The highest BCUT2D eigenvalue weighted by molar-refractivity contribution is 6.43. The Morgan fingerprint density at radius 3 is 2.48 bits per heavy atom. The summed E-state index contributed by atoms with van der Waals surface area (Å²) in [6.45, 7) is 0.